The molecule has 6 rings (SSSR count). The summed E-state index contributed by atoms with van der Waals surface area (Å²) in [4.78, 5) is 60.4. The molecule has 3 aromatic rings. The Labute approximate surface area is 291 Å². The number of nitrogens with one attached hydrogen (secondary N) is 2. The van der Waals surface area contributed by atoms with Crippen molar-refractivity contribution in [3.8, 4) is 22.8 Å². The Kier molecular flexibility index (Phi) is 9.99. The fourth-order valence-electron chi connectivity index (χ4n) is 6.87. The number of allylic oxidation sites excluding steroid dienone is 2. The van der Waals surface area contributed by atoms with E-state index >= 15 is 0 Å². The third kappa shape index (κ3) is 7.54. The van der Waals surface area contributed by atoms with Gasteiger partial charge in [-0.1, -0.05) is 30.3 Å². The van der Waals surface area contributed by atoms with Crippen molar-refractivity contribution in [2.45, 2.75) is 77.1 Å². The molecule has 0 bridgehead atoms. The van der Waals surface area contributed by atoms with Gasteiger partial charge in [0.05, 0.1) is 24.9 Å². The predicted molar refractivity (Wildman–Crippen MR) is 185 cm³/mol. The minimum Gasteiger partial charge on any atom is -0.497 e. The number of pyridine rings is 1. The summed E-state index contributed by atoms with van der Waals surface area (Å²) in [6.45, 7) is 7.46. The van der Waals surface area contributed by atoms with Crippen LogP contribution >= 0.6 is 0 Å². The number of ether oxygens (including phenoxy) is 4. The van der Waals surface area contributed by atoms with Gasteiger partial charge in [0.2, 0.25) is 11.8 Å². The molecule has 50 heavy (non-hydrogen) atoms. The van der Waals surface area contributed by atoms with E-state index in [2.05, 4.69) is 10.6 Å². The van der Waals surface area contributed by atoms with E-state index in [1.54, 1.807) is 34.8 Å². The molecule has 2 aliphatic heterocycles. The normalized spacial score (nSPS) is 23.7. The highest BCUT2D eigenvalue weighted by atomic mass is 16.6. The Hall–Kier alpha value is -5.13. The van der Waals surface area contributed by atoms with E-state index in [-0.39, 0.29) is 31.3 Å². The van der Waals surface area contributed by atoms with E-state index < -0.39 is 47.6 Å². The van der Waals surface area contributed by atoms with Crippen molar-refractivity contribution in [2.75, 3.05) is 20.3 Å². The Balaban J connectivity index is 1.39. The van der Waals surface area contributed by atoms with Gasteiger partial charge in [0.15, 0.2) is 0 Å². The summed E-state index contributed by atoms with van der Waals surface area (Å²) in [5.74, 6) is -0.288. The number of methoxy groups -OCH3 is 1. The van der Waals surface area contributed by atoms with Crippen LogP contribution in [0.25, 0.3) is 22.2 Å². The van der Waals surface area contributed by atoms with Crippen molar-refractivity contribution < 1.29 is 38.1 Å². The summed E-state index contributed by atoms with van der Waals surface area (Å²) in [5, 5.41) is 6.43. The second-order valence-corrected chi connectivity index (χ2v) is 13.9. The van der Waals surface area contributed by atoms with Crippen LogP contribution in [-0.2, 0) is 23.9 Å². The lowest BCUT2D eigenvalue weighted by atomic mass is 9.73. The number of rotatable bonds is 7. The smallest absolute Gasteiger partial charge is 0.408 e. The van der Waals surface area contributed by atoms with Crippen LogP contribution in [0.2, 0.25) is 0 Å². The molecule has 2 fully saturated rings. The van der Waals surface area contributed by atoms with E-state index in [4.69, 9.17) is 23.9 Å². The minimum atomic E-state index is -0.978. The molecule has 0 radical (unpaired) electrons. The van der Waals surface area contributed by atoms with Gasteiger partial charge in [-0.25, -0.2) is 14.6 Å². The first-order valence-electron chi connectivity index (χ1n) is 17.1. The summed E-state index contributed by atoms with van der Waals surface area (Å²) >= 11 is 0. The van der Waals surface area contributed by atoms with Gasteiger partial charge in [-0.05, 0) is 77.5 Å². The van der Waals surface area contributed by atoms with Crippen molar-refractivity contribution in [1.29, 1.82) is 0 Å². The molecule has 2 saturated heterocycles. The molecular formula is C38H44N4O8. The third-order valence-corrected chi connectivity index (χ3v) is 9.25. The number of esters is 1. The molecule has 5 atom stereocenters. The topological polar surface area (TPSA) is 145 Å². The van der Waals surface area contributed by atoms with Crippen molar-refractivity contribution in [1.82, 2.24) is 20.5 Å². The number of hydrogen-bond donors (Lipinski definition) is 2. The lowest BCUT2D eigenvalue weighted by Gasteiger charge is -2.38. The van der Waals surface area contributed by atoms with E-state index in [1.165, 1.54) is 4.90 Å². The molecule has 264 valence electrons. The van der Waals surface area contributed by atoms with Gasteiger partial charge in [0.1, 0.15) is 41.0 Å². The van der Waals surface area contributed by atoms with Crippen LogP contribution in [0.15, 0.2) is 66.4 Å². The Bertz CT molecular complexity index is 1800. The first-order valence-corrected chi connectivity index (χ1v) is 17.1. The van der Waals surface area contributed by atoms with Gasteiger partial charge >= 0.3 is 12.1 Å². The average molecular weight is 685 g/mol. The molecule has 3 heterocycles. The summed E-state index contributed by atoms with van der Waals surface area (Å²) in [6.07, 6.45) is 2.64. The molecule has 3 aliphatic rings. The molecule has 2 aromatic carbocycles. The van der Waals surface area contributed by atoms with Crippen LogP contribution < -0.4 is 20.1 Å². The largest absolute Gasteiger partial charge is 0.497 e. The highest BCUT2D eigenvalue weighted by Gasteiger charge is 2.46. The number of hydrogen-bond acceptors (Lipinski definition) is 9. The van der Waals surface area contributed by atoms with Gasteiger partial charge in [0.25, 0.3) is 0 Å². The maximum absolute atomic E-state index is 14.1. The van der Waals surface area contributed by atoms with E-state index in [1.807, 2.05) is 60.7 Å². The van der Waals surface area contributed by atoms with Crippen molar-refractivity contribution in [3.05, 3.63) is 66.4 Å². The van der Waals surface area contributed by atoms with Gasteiger partial charge in [0, 0.05) is 35.5 Å². The number of amides is 3. The van der Waals surface area contributed by atoms with E-state index in [0.29, 0.717) is 47.9 Å². The molecule has 1 aliphatic carbocycles. The van der Waals surface area contributed by atoms with Crippen molar-refractivity contribution >= 4 is 34.8 Å². The number of carbonyl (C=O) groups excluding carboxylic acids is 4. The van der Waals surface area contributed by atoms with Crippen LogP contribution in [0.4, 0.5) is 4.79 Å². The number of nitrogens with zero attached hydrogens (tertiary/aromatic N) is 2. The number of aromatic nitrogens is 1. The fourth-order valence-corrected chi connectivity index (χ4v) is 6.87. The van der Waals surface area contributed by atoms with Crippen molar-refractivity contribution in [2.24, 2.45) is 11.8 Å². The third-order valence-electron chi connectivity index (χ3n) is 9.25. The highest BCUT2D eigenvalue weighted by Crippen LogP contribution is 2.44. The first kappa shape index (κ1) is 34.7. The molecule has 1 unspecified atom stereocenters. The maximum atomic E-state index is 14.1. The summed E-state index contributed by atoms with van der Waals surface area (Å²) in [6, 6.07) is 14.4. The Morgan fingerprint density at radius 3 is 2.56 bits per heavy atom. The Morgan fingerprint density at radius 2 is 1.84 bits per heavy atom. The lowest BCUT2D eigenvalue weighted by molar-refractivity contribution is -0.149. The fraction of sp³-hybridized carbons (Fsp3) is 0.447. The second-order valence-electron chi connectivity index (χ2n) is 13.9. The first-order chi connectivity index (χ1) is 23.9. The van der Waals surface area contributed by atoms with Crippen LogP contribution in [-0.4, -0.2) is 77.7 Å². The van der Waals surface area contributed by atoms with Gasteiger partial charge < -0.3 is 34.5 Å². The molecule has 0 spiro atoms. The van der Waals surface area contributed by atoms with Crippen LogP contribution in [0.3, 0.4) is 0 Å². The molecule has 12 heteroatoms. The molecule has 0 saturated carbocycles. The van der Waals surface area contributed by atoms with E-state index in [0.717, 1.165) is 10.9 Å². The van der Waals surface area contributed by atoms with Gasteiger partial charge in [-0.15, -0.1) is 0 Å². The summed E-state index contributed by atoms with van der Waals surface area (Å²) < 4.78 is 23.1. The summed E-state index contributed by atoms with van der Waals surface area (Å²) in [7, 11) is 1.60. The predicted octanol–water partition coefficient (Wildman–Crippen LogP) is 5.15. The average Bonchev–Trinajstić information content (AvgIpc) is 3.57. The van der Waals surface area contributed by atoms with Crippen LogP contribution in [0.5, 0.6) is 11.5 Å². The molecule has 3 amide bonds. The zero-order valence-corrected chi connectivity index (χ0v) is 29.1. The number of fused-ring (bicyclic) bond motifs is 3. The highest BCUT2D eigenvalue weighted by molar-refractivity contribution is 5.94. The van der Waals surface area contributed by atoms with E-state index in [9.17, 15) is 19.2 Å². The number of alkyl carbamates (subject to hydrolysis) is 1. The second kappa shape index (κ2) is 14.4. The standard InChI is InChI=1S/C38H44N4O8/c1-6-48-36(45)30-20-26-23(17-29(41-37(46)50-38(2,3)4)35(44)42-16-10-13-31(42)34(43)40-30)18-32(26)49-33-21-27(22-11-8-7-9-12-22)39-28-19-24(47-5)14-15-25(28)33/h7-9,11-12,14-15,18-19,21,23,26,29-31H,6,10,13,16-17,20H2,1-5H3,(H,40,43)(H,41,46)/t23-,26+,29+,30?,31+/m1/s1. The quantitative estimate of drug-likeness (QED) is 0.323. The monoisotopic (exact) mass is 684 g/mol. The van der Waals surface area contributed by atoms with Gasteiger partial charge in [-0.3, -0.25) is 9.59 Å². The SMILES string of the molecule is CCOC(=O)C1C[C@@H]2C(Oc3cc(-c4ccccc4)nc4cc(OC)ccc34)=C[C@H]2C[C@H](NC(=O)OC(C)(C)C)C(=O)N2CCC[C@H]2C(=O)N1. The number of carbonyl (C=O) groups is 4. The summed E-state index contributed by atoms with van der Waals surface area (Å²) in [5.41, 5.74) is 1.49. The van der Waals surface area contributed by atoms with Gasteiger partial charge in [-0.2, -0.15) is 0 Å². The maximum Gasteiger partial charge on any atom is 0.408 e. The molecule has 1 aromatic heterocycles. The minimum absolute atomic E-state index is 0.142. The number of benzene rings is 2. The molecule has 12 nitrogen and oxygen atoms in total. The lowest BCUT2D eigenvalue weighted by Crippen LogP contribution is -2.55. The molecular weight excluding hydrogens is 640 g/mol. The zero-order chi connectivity index (χ0) is 35.6. The van der Waals surface area contributed by atoms with Crippen molar-refractivity contribution in [3.63, 3.8) is 0 Å². The molecule has 2 N–H and O–H groups in total. The van der Waals surface area contributed by atoms with Crippen LogP contribution in [0.1, 0.15) is 53.4 Å². The zero-order valence-electron chi connectivity index (χ0n) is 29.1. The Morgan fingerprint density at radius 1 is 1.06 bits per heavy atom. The van der Waals surface area contributed by atoms with Crippen LogP contribution in [0, 0.1) is 11.8 Å².